The Balaban J connectivity index is 2.07. The molecule has 1 fully saturated rings. The molecule has 1 atom stereocenters. The van der Waals surface area contributed by atoms with Gasteiger partial charge in [-0.15, -0.1) is 11.3 Å². The van der Waals surface area contributed by atoms with Gasteiger partial charge in [0.15, 0.2) is 0 Å². The van der Waals surface area contributed by atoms with Crippen LogP contribution in [0.25, 0.3) is 0 Å². The molecule has 1 aromatic heterocycles. The Hall–Kier alpha value is -0.590. The van der Waals surface area contributed by atoms with E-state index in [0.717, 1.165) is 22.9 Å². The van der Waals surface area contributed by atoms with Crippen molar-refractivity contribution in [2.45, 2.75) is 29.6 Å². The van der Waals surface area contributed by atoms with Crippen LogP contribution in [0.4, 0.5) is 0 Å². The fourth-order valence-corrected chi connectivity index (χ4v) is 4.23. The number of ether oxygens (including phenoxy) is 1. The van der Waals surface area contributed by atoms with E-state index >= 15 is 0 Å². The van der Waals surface area contributed by atoms with Crippen molar-refractivity contribution < 1.29 is 9.53 Å². The molecule has 0 aromatic carbocycles. The SMILES string of the molecule is CNC(CSc1nc(C)cs1)(C(=O)OC)C1CC1. The van der Waals surface area contributed by atoms with Gasteiger partial charge in [-0.05, 0) is 32.7 Å². The number of nitrogens with zero attached hydrogens (tertiary/aromatic N) is 1. The number of esters is 1. The lowest BCUT2D eigenvalue weighted by atomic mass is 9.96. The number of nitrogens with one attached hydrogen (secondary N) is 1. The van der Waals surface area contributed by atoms with Crippen molar-refractivity contribution >= 4 is 29.1 Å². The highest BCUT2D eigenvalue weighted by atomic mass is 32.2. The smallest absolute Gasteiger partial charge is 0.327 e. The second-order valence-corrected chi connectivity index (χ2v) is 6.61. The van der Waals surface area contributed by atoms with Crippen LogP contribution in [0, 0.1) is 12.8 Å². The Bertz CT molecular complexity index is 431. The number of likely N-dealkylation sites (N-methyl/N-ethyl adjacent to an activating group) is 1. The first kappa shape index (κ1) is 13.8. The van der Waals surface area contributed by atoms with Crippen molar-refractivity contribution in [1.29, 1.82) is 0 Å². The van der Waals surface area contributed by atoms with Crippen LogP contribution in [0.3, 0.4) is 0 Å². The number of hydrogen-bond acceptors (Lipinski definition) is 6. The third-order valence-corrected chi connectivity index (χ3v) is 5.62. The molecule has 1 aliphatic rings. The molecule has 6 heteroatoms. The lowest BCUT2D eigenvalue weighted by Gasteiger charge is -2.30. The minimum absolute atomic E-state index is 0.159. The Kier molecular flexibility index (Phi) is 4.29. The Morgan fingerprint density at radius 3 is 2.89 bits per heavy atom. The molecule has 0 saturated heterocycles. The van der Waals surface area contributed by atoms with Crippen molar-refractivity contribution in [3.05, 3.63) is 11.1 Å². The number of aromatic nitrogens is 1. The summed E-state index contributed by atoms with van der Waals surface area (Å²) in [7, 11) is 3.29. The average molecular weight is 286 g/mol. The molecule has 2 rings (SSSR count). The van der Waals surface area contributed by atoms with E-state index in [9.17, 15) is 4.79 Å². The van der Waals surface area contributed by atoms with Crippen molar-refractivity contribution in [3.8, 4) is 0 Å². The van der Waals surface area contributed by atoms with Gasteiger partial charge in [0.05, 0.1) is 7.11 Å². The molecule has 1 saturated carbocycles. The van der Waals surface area contributed by atoms with Crippen LogP contribution in [-0.4, -0.2) is 36.4 Å². The maximum Gasteiger partial charge on any atom is 0.327 e. The fraction of sp³-hybridized carbons (Fsp3) is 0.667. The zero-order valence-electron chi connectivity index (χ0n) is 10.9. The van der Waals surface area contributed by atoms with Gasteiger partial charge in [0.2, 0.25) is 0 Å². The molecule has 4 nitrogen and oxygen atoms in total. The highest BCUT2D eigenvalue weighted by Gasteiger charge is 2.51. The summed E-state index contributed by atoms with van der Waals surface area (Å²) in [6.45, 7) is 1.98. The summed E-state index contributed by atoms with van der Waals surface area (Å²) in [5.74, 6) is 0.908. The van der Waals surface area contributed by atoms with Crippen molar-refractivity contribution in [1.82, 2.24) is 10.3 Å². The second-order valence-electron chi connectivity index (χ2n) is 4.53. The van der Waals surface area contributed by atoms with Crippen LogP contribution in [-0.2, 0) is 9.53 Å². The number of carbonyl (C=O) groups excluding carboxylic acids is 1. The highest BCUT2D eigenvalue weighted by Crippen LogP contribution is 2.43. The van der Waals surface area contributed by atoms with E-state index in [1.165, 1.54) is 7.11 Å². The van der Waals surface area contributed by atoms with Crippen molar-refractivity contribution in [2.75, 3.05) is 19.9 Å². The Labute approximate surface area is 116 Å². The maximum atomic E-state index is 12.1. The van der Waals surface area contributed by atoms with E-state index in [4.69, 9.17) is 4.74 Å². The first-order chi connectivity index (χ1) is 8.62. The van der Waals surface area contributed by atoms with E-state index in [2.05, 4.69) is 10.3 Å². The molecule has 1 aliphatic carbocycles. The van der Waals surface area contributed by atoms with Crippen LogP contribution in [0.15, 0.2) is 9.72 Å². The van der Waals surface area contributed by atoms with Gasteiger partial charge < -0.3 is 10.1 Å². The minimum Gasteiger partial charge on any atom is -0.468 e. The number of rotatable bonds is 6. The van der Waals surface area contributed by atoms with Crippen LogP contribution in [0.1, 0.15) is 18.5 Å². The molecule has 1 unspecified atom stereocenters. The lowest BCUT2D eigenvalue weighted by molar-refractivity contribution is -0.148. The van der Waals surface area contributed by atoms with Crippen LogP contribution in [0.5, 0.6) is 0 Å². The predicted octanol–water partition coefficient (Wildman–Crippen LogP) is 2.08. The molecule has 1 N–H and O–H groups in total. The van der Waals surface area contributed by atoms with Crippen molar-refractivity contribution in [2.24, 2.45) is 5.92 Å². The first-order valence-corrected chi connectivity index (χ1v) is 7.81. The van der Waals surface area contributed by atoms with E-state index in [-0.39, 0.29) is 5.97 Å². The zero-order valence-corrected chi connectivity index (χ0v) is 12.5. The van der Waals surface area contributed by atoms with Gasteiger partial charge in [0.1, 0.15) is 9.88 Å². The highest BCUT2D eigenvalue weighted by molar-refractivity contribution is 8.01. The molecule has 1 heterocycles. The van der Waals surface area contributed by atoms with Crippen LogP contribution < -0.4 is 5.32 Å². The number of aryl methyl sites for hydroxylation is 1. The van der Waals surface area contributed by atoms with E-state index in [1.54, 1.807) is 23.1 Å². The van der Waals surface area contributed by atoms with Gasteiger partial charge >= 0.3 is 5.97 Å². The molecule has 0 bridgehead atoms. The summed E-state index contributed by atoms with van der Waals surface area (Å²) in [5.41, 5.74) is 0.473. The zero-order chi connectivity index (χ0) is 13.2. The minimum atomic E-state index is -0.557. The van der Waals surface area contributed by atoms with Crippen LogP contribution in [0.2, 0.25) is 0 Å². The topological polar surface area (TPSA) is 51.2 Å². The Morgan fingerprint density at radius 2 is 2.44 bits per heavy atom. The molecular weight excluding hydrogens is 268 g/mol. The standard InChI is InChI=1S/C12H18N2O2S2/c1-8-6-17-11(14-8)18-7-12(13-2,9-4-5-9)10(15)16-3/h6,9,13H,4-5,7H2,1-3H3. The fourth-order valence-electron chi connectivity index (χ4n) is 2.05. The lowest BCUT2D eigenvalue weighted by Crippen LogP contribution is -2.55. The Morgan fingerprint density at radius 1 is 1.72 bits per heavy atom. The summed E-state index contributed by atoms with van der Waals surface area (Å²) in [6, 6.07) is 0. The summed E-state index contributed by atoms with van der Waals surface area (Å²) in [4.78, 5) is 16.5. The second kappa shape index (κ2) is 5.59. The van der Waals surface area contributed by atoms with Crippen molar-refractivity contribution in [3.63, 3.8) is 0 Å². The van der Waals surface area contributed by atoms with E-state index < -0.39 is 5.54 Å². The van der Waals surface area contributed by atoms with E-state index in [1.807, 2.05) is 19.4 Å². The molecule has 0 amide bonds. The summed E-state index contributed by atoms with van der Waals surface area (Å²) in [5, 5.41) is 5.21. The number of methoxy groups -OCH3 is 1. The summed E-state index contributed by atoms with van der Waals surface area (Å²) in [6.07, 6.45) is 2.18. The quantitative estimate of drug-likeness (QED) is 0.641. The number of thioether (sulfide) groups is 1. The molecule has 100 valence electrons. The number of hydrogen-bond donors (Lipinski definition) is 1. The number of thiazole rings is 1. The molecule has 0 aliphatic heterocycles. The monoisotopic (exact) mass is 286 g/mol. The van der Waals surface area contributed by atoms with Gasteiger partial charge in [0, 0.05) is 16.8 Å². The largest absolute Gasteiger partial charge is 0.468 e. The number of carbonyl (C=O) groups is 1. The van der Waals surface area contributed by atoms with Gasteiger partial charge in [-0.1, -0.05) is 11.8 Å². The maximum absolute atomic E-state index is 12.1. The molecular formula is C12H18N2O2S2. The normalized spacial score (nSPS) is 18.4. The van der Waals surface area contributed by atoms with E-state index in [0.29, 0.717) is 11.7 Å². The molecule has 0 radical (unpaired) electrons. The first-order valence-electron chi connectivity index (χ1n) is 5.94. The van der Waals surface area contributed by atoms with Gasteiger partial charge in [-0.3, -0.25) is 4.79 Å². The molecule has 0 spiro atoms. The van der Waals surface area contributed by atoms with Gasteiger partial charge in [-0.2, -0.15) is 0 Å². The van der Waals surface area contributed by atoms with Gasteiger partial charge in [-0.25, -0.2) is 4.98 Å². The average Bonchev–Trinajstić information content (AvgIpc) is 3.14. The molecule has 1 aromatic rings. The third-order valence-electron chi connectivity index (χ3n) is 3.29. The third kappa shape index (κ3) is 2.70. The molecule has 18 heavy (non-hydrogen) atoms. The van der Waals surface area contributed by atoms with Crippen LogP contribution >= 0.6 is 23.1 Å². The summed E-state index contributed by atoms with van der Waals surface area (Å²) < 4.78 is 5.98. The summed E-state index contributed by atoms with van der Waals surface area (Å²) >= 11 is 3.25. The van der Waals surface area contributed by atoms with Gasteiger partial charge in [0.25, 0.3) is 0 Å². The predicted molar refractivity (Wildman–Crippen MR) is 74.1 cm³/mol.